The van der Waals surface area contributed by atoms with Gasteiger partial charge < -0.3 is 14.4 Å². The molecule has 138 valence electrons. The predicted molar refractivity (Wildman–Crippen MR) is 105 cm³/mol. The predicted octanol–water partition coefficient (Wildman–Crippen LogP) is 4.06. The van der Waals surface area contributed by atoms with Gasteiger partial charge in [-0.1, -0.05) is 42.5 Å². The number of hydrogen-bond donors (Lipinski definition) is 0. The van der Waals surface area contributed by atoms with Crippen molar-refractivity contribution in [3.05, 3.63) is 72.3 Å². The SMILES string of the molecule is CCN(C(=O)COC(=O)c1ccc(OC)c2ccccc12)c1ccccc1. The van der Waals surface area contributed by atoms with Gasteiger partial charge in [0.25, 0.3) is 5.91 Å². The number of carbonyl (C=O) groups is 2. The summed E-state index contributed by atoms with van der Waals surface area (Å²) in [5.74, 6) is -0.124. The molecule has 0 aliphatic carbocycles. The minimum Gasteiger partial charge on any atom is -0.496 e. The fourth-order valence-electron chi connectivity index (χ4n) is 3.02. The van der Waals surface area contributed by atoms with Crippen LogP contribution in [0.4, 0.5) is 5.69 Å². The molecule has 0 atom stereocenters. The highest BCUT2D eigenvalue weighted by Crippen LogP contribution is 2.28. The molecule has 0 saturated carbocycles. The number of likely N-dealkylation sites (N-methyl/N-ethyl adjacent to an activating group) is 1. The molecular weight excluding hydrogens is 342 g/mol. The van der Waals surface area contributed by atoms with E-state index in [2.05, 4.69) is 0 Å². The van der Waals surface area contributed by atoms with E-state index in [0.717, 1.165) is 16.5 Å². The third-order valence-corrected chi connectivity index (χ3v) is 4.34. The van der Waals surface area contributed by atoms with E-state index in [0.29, 0.717) is 17.9 Å². The summed E-state index contributed by atoms with van der Waals surface area (Å²) < 4.78 is 10.6. The number of nitrogens with zero attached hydrogens (tertiary/aromatic N) is 1. The monoisotopic (exact) mass is 363 g/mol. The van der Waals surface area contributed by atoms with Crippen LogP contribution in [0.25, 0.3) is 10.8 Å². The average Bonchev–Trinajstić information content (AvgIpc) is 2.72. The van der Waals surface area contributed by atoms with E-state index in [9.17, 15) is 9.59 Å². The fourth-order valence-corrected chi connectivity index (χ4v) is 3.02. The van der Waals surface area contributed by atoms with Crippen LogP contribution < -0.4 is 9.64 Å². The van der Waals surface area contributed by atoms with Crippen LogP contribution >= 0.6 is 0 Å². The number of carbonyl (C=O) groups excluding carboxylic acids is 2. The van der Waals surface area contributed by atoms with Crippen molar-refractivity contribution < 1.29 is 19.1 Å². The number of ether oxygens (including phenoxy) is 2. The summed E-state index contributed by atoms with van der Waals surface area (Å²) >= 11 is 0. The fraction of sp³-hybridized carbons (Fsp3) is 0.182. The van der Waals surface area contributed by atoms with Crippen LogP contribution in [0.15, 0.2) is 66.7 Å². The lowest BCUT2D eigenvalue weighted by atomic mass is 10.0. The molecule has 5 heteroatoms. The highest BCUT2D eigenvalue weighted by Gasteiger charge is 2.18. The Hall–Kier alpha value is -3.34. The molecule has 1 amide bonds. The molecule has 0 N–H and O–H groups in total. The van der Waals surface area contributed by atoms with Gasteiger partial charge in [0.1, 0.15) is 5.75 Å². The average molecular weight is 363 g/mol. The van der Waals surface area contributed by atoms with Crippen molar-refractivity contribution >= 4 is 28.3 Å². The van der Waals surface area contributed by atoms with Gasteiger partial charge in [-0.15, -0.1) is 0 Å². The lowest BCUT2D eigenvalue weighted by Gasteiger charge is -2.20. The van der Waals surface area contributed by atoms with Crippen molar-refractivity contribution in [3.8, 4) is 5.75 Å². The Balaban J connectivity index is 1.76. The normalized spacial score (nSPS) is 10.4. The number of methoxy groups -OCH3 is 1. The first kappa shape index (κ1) is 18.5. The second-order valence-electron chi connectivity index (χ2n) is 5.91. The Morgan fingerprint density at radius 2 is 1.56 bits per heavy atom. The Kier molecular flexibility index (Phi) is 5.71. The van der Waals surface area contributed by atoms with E-state index >= 15 is 0 Å². The van der Waals surface area contributed by atoms with Crippen molar-refractivity contribution in [2.75, 3.05) is 25.2 Å². The Labute approximate surface area is 158 Å². The number of benzene rings is 3. The van der Waals surface area contributed by atoms with E-state index in [1.165, 1.54) is 0 Å². The maximum atomic E-state index is 12.6. The smallest absolute Gasteiger partial charge is 0.339 e. The van der Waals surface area contributed by atoms with E-state index < -0.39 is 5.97 Å². The van der Waals surface area contributed by atoms with Crippen LogP contribution in [0, 0.1) is 0 Å². The van der Waals surface area contributed by atoms with Gasteiger partial charge in [-0.05, 0) is 36.6 Å². The van der Waals surface area contributed by atoms with Crippen molar-refractivity contribution in [3.63, 3.8) is 0 Å². The third kappa shape index (κ3) is 3.92. The van der Waals surface area contributed by atoms with E-state index in [-0.39, 0.29) is 12.5 Å². The molecule has 3 aromatic carbocycles. The van der Waals surface area contributed by atoms with Gasteiger partial charge in [0, 0.05) is 17.6 Å². The summed E-state index contributed by atoms with van der Waals surface area (Å²) in [6.45, 7) is 2.05. The van der Waals surface area contributed by atoms with Gasteiger partial charge in [0.2, 0.25) is 0 Å². The standard InChI is InChI=1S/C22H21NO4/c1-3-23(16-9-5-4-6-10-16)21(24)15-27-22(25)19-13-14-20(26-2)18-12-8-7-11-17(18)19/h4-14H,3,15H2,1-2H3. The van der Waals surface area contributed by atoms with Gasteiger partial charge in [-0.2, -0.15) is 0 Å². The zero-order chi connectivity index (χ0) is 19.2. The first-order valence-electron chi connectivity index (χ1n) is 8.74. The first-order valence-corrected chi connectivity index (χ1v) is 8.74. The quantitative estimate of drug-likeness (QED) is 0.620. The summed E-state index contributed by atoms with van der Waals surface area (Å²) in [6, 6.07) is 20.1. The van der Waals surface area contributed by atoms with Crippen LogP contribution in [0.2, 0.25) is 0 Å². The van der Waals surface area contributed by atoms with Gasteiger partial charge in [-0.3, -0.25) is 4.79 Å². The molecule has 5 nitrogen and oxygen atoms in total. The first-order chi connectivity index (χ1) is 13.2. The molecule has 0 heterocycles. The summed E-state index contributed by atoms with van der Waals surface area (Å²) in [7, 11) is 1.58. The lowest BCUT2D eigenvalue weighted by Crippen LogP contribution is -2.34. The van der Waals surface area contributed by atoms with E-state index in [1.807, 2.05) is 61.5 Å². The van der Waals surface area contributed by atoms with Gasteiger partial charge in [-0.25, -0.2) is 4.79 Å². The number of amides is 1. The Morgan fingerprint density at radius 3 is 2.22 bits per heavy atom. The summed E-state index contributed by atoms with van der Waals surface area (Å²) in [4.78, 5) is 26.7. The number of rotatable bonds is 6. The van der Waals surface area contributed by atoms with E-state index in [1.54, 1.807) is 24.1 Å². The zero-order valence-electron chi connectivity index (χ0n) is 15.3. The number of anilines is 1. The van der Waals surface area contributed by atoms with Crippen LogP contribution in [0.3, 0.4) is 0 Å². The largest absolute Gasteiger partial charge is 0.496 e. The molecule has 0 spiro atoms. The molecule has 0 bridgehead atoms. The topological polar surface area (TPSA) is 55.8 Å². The van der Waals surface area contributed by atoms with Crippen LogP contribution in [0.5, 0.6) is 5.75 Å². The molecule has 0 aliphatic rings. The Bertz CT molecular complexity index is 953. The minimum atomic E-state index is -0.536. The molecule has 0 unspecified atom stereocenters. The minimum absolute atomic E-state index is 0.269. The van der Waals surface area contributed by atoms with Crippen LogP contribution in [0.1, 0.15) is 17.3 Å². The molecule has 27 heavy (non-hydrogen) atoms. The number of hydrogen-bond acceptors (Lipinski definition) is 4. The molecule has 0 saturated heterocycles. The molecule has 3 rings (SSSR count). The highest BCUT2D eigenvalue weighted by molar-refractivity contribution is 6.07. The maximum Gasteiger partial charge on any atom is 0.339 e. The molecule has 3 aromatic rings. The number of esters is 1. The van der Waals surface area contributed by atoms with Crippen molar-refractivity contribution in [2.24, 2.45) is 0 Å². The highest BCUT2D eigenvalue weighted by atomic mass is 16.5. The summed E-state index contributed by atoms with van der Waals surface area (Å²) in [5.41, 5.74) is 1.18. The Morgan fingerprint density at radius 1 is 0.889 bits per heavy atom. The van der Waals surface area contributed by atoms with Crippen molar-refractivity contribution in [1.29, 1.82) is 0 Å². The molecule has 0 radical (unpaired) electrons. The van der Waals surface area contributed by atoms with Crippen molar-refractivity contribution in [1.82, 2.24) is 0 Å². The van der Waals surface area contributed by atoms with Gasteiger partial charge >= 0.3 is 5.97 Å². The second-order valence-corrected chi connectivity index (χ2v) is 5.91. The molecular formula is C22H21NO4. The van der Waals surface area contributed by atoms with Gasteiger partial charge in [0.05, 0.1) is 12.7 Å². The van der Waals surface area contributed by atoms with E-state index in [4.69, 9.17) is 9.47 Å². The van der Waals surface area contributed by atoms with Crippen LogP contribution in [-0.2, 0) is 9.53 Å². The number of fused-ring (bicyclic) bond motifs is 1. The van der Waals surface area contributed by atoms with Crippen LogP contribution in [-0.4, -0.2) is 32.1 Å². The molecule has 0 aromatic heterocycles. The molecule has 0 fully saturated rings. The summed E-state index contributed by atoms with van der Waals surface area (Å²) in [6.07, 6.45) is 0. The maximum absolute atomic E-state index is 12.6. The number of para-hydroxylation sites is 1. The third-order valence-electron chi connectivity index (χ3n) is 4.34. The summed E-state index contributed by atoms with van der Waals surface area (Å²) in [5, 5.41) is 1.55. The van der Waals surface area contributed by atoms with Crippen molar-refractivity contribution in [2.45, 2.75) is 6.92 Å². The van der Waals surface area contributed by atoms with Gasteiger partial charge in [0.15, 0.2) is 6.61 Å². The second kappa shape index (κ2) is 8.36. The molecule has 0 aliphatic heterocycles. The lowest BCUT2D eigenvalue weighted by molar-refractivity contribution is -0.121. The zero-order valence-corrected chi connectivity index (χ0v) is 15.3.